The van der Waals surface area contributed by atoms with E-state index in [4.69, 9.17) is 5.73 Å². The van der Waals surface area contributed by atoms with E-state index >= 15 is 0 Å². The lowest BCUT2D eigenvalue weighted by atomic mass is 10.2. The van der Waals surface area contributed by atoms with Crippen molar-refractivity contribution in [3.8, 4) is 0 Å². The third kappa shape index (κ3) is 2.47. The fourth-order valence-corrected chi connectivity index (χ4v) is 1.26. The molecule has 0 amide bonds. The smallest absolute Gasteiger partial charge is 0.128 e. The summed E-state index contributed by atoms with van der Waals surface area (Å²) in [6.07, 6.45) is 1.59. The van der Waals surface area contributed by atoms with Gasteiger partial charge in [-0.1, -0.05) is 18.2 Å². The van der Waals surface area contributed by atoms with Gasteiger partial charge in [0.25, 0.3) is 0 Å². The van der Waals surface area contributed by atoms with Crippen molar-refractivity contribution in [2.75, 3.05) is 5.73 Å². The van der Waals surface area contributed by atoms with Crippen molar-refractivity contribution in [2.24, 2.45) is 0 Å². The molecule has 0 aliphatic rings. The number of nitrogen functional groups attached to an aromatic ring is 1. The van der Waals surface area contributed by atoms with Crippen LogP contribution in [0.5, 0.6) is 0 Å². The van der Waals surface area contributed by atoms with E-state index < -0.39 is 0 Å². The zero-order valence-electron chi connectivity index (χ0n) is 7.93. The van der Waals surface area contributed by atoms with Gasteiger partial charge in [0.15, 0.2) is 0 Å². The number of nitrogens with two attached hydrogens (primary N) is 1. The van der Waals surface area contributed by atoms with Crippen molar-refractivity contribution >= 4 is 18.2 Å². The minimum atomic E-state index is -0.234. The Morgan fingerprint density at radius 3 is 2.60 bits per heavy atom. The van der Waals surface area contributed by atoms with Crippen molar-refractivity contribution in [2.45, 2.75) is 6.54 Å². The number of hydrogen-bond acceptors (Lipinski definition) is 2. The number of aromatic nitrogens is 2. The molecular formula is C10H11ClFN3. The maximum Gasteiger partial charge on any atom is 0.128 e. The second-order valence-electron chi connectivity index (χ2n) is 3.01. The van der Waals surface area contributed by atoms with Crippen LogP contribution in [0, 0.1) is 5.82 Å². The summed E-state index contributed by atoms with van der Waals surface area (Å²) >= 11 is 0. The number of nitrogens with zero attached hydrogens (tertiary/aromatic N) is 2. The Labute approximate surface area is 93.1 Å². The zero-order valence-corrected chi connectivity index (χ0v) is 8.75. The second kappa shape index (κ2) is 4.79. The lowest BCUT2D eigenvalue weighted by molar-refractivity contribution is 0.587. The predicted octanol–water partition coefficient (Wildman–Crippen LogP) is 2.07. The van der Waals surface area contributed by atoms with E-state index in [1.54, 1.807) is 35.1 Å². The normalized spacial score (nSPS) is 9.67. The first-order valence-corrected chi connectivity index (χ1v) is 4.28. The average molecular weight is 228 g/mol. The molecule has 0 aliphatic carbocycles. The highest BCUT2D eigenvalue weighted by molar-refractivity contribution is 5.85. The Bertz CT molecular complexity index is 442. The fraction of sp³-hybridized carbons (Fsp3) is 0.100. The molecule has 15 heavy (non-hydrogen) atoms. The lowest BCUT2D eigenvalue weighted by Gasteiger charge is -2.04. The van der Waals surface area contributed by atoms with Gasteiger partial charge in [-0.25, -0.2) is 9.07 Å². The highest BCUT2D eigenvalue weighted by atomic mass is 35.5. The summed E-state index contributed by atoms with van der Waals surface area (Å²) in [6.45, 7) is 0.367. The Balaban J connectivity index is 0.00000112. The molecule has 2 N–H and O–H groups in total. The predicted molar refractivity (Wildman–Crippen MR) is 59.4 cm³/mol. The Morgan fingerprint density at radius 2 is 2.00 bits per heavy atom. The maximum absolute atomic E-state index is 13.2. The second-order valence-corrected chi connectivity index (χ2v) is 3.01. The molecule has 2 aromatic rings. The summed E-state index contributed by atoms with van der Waals surface area (Å²) in [5.41, 5.74) is 6.20. The minimum Gasteiger partial charge on any atom is -0.384 e. The van der Waals surface area contributed by atoms with Crippen molar-refractivity contribution < 1.29 is 4.39 Å². The summed E-state index contributed by atoms with van der Waals surface area (Å²) < 4.78 is 14.8. The molecule has 0 fully saturated rings. The van der Waals surface area contributed by atoms with Crippen LogP contribution < -0.4 is 5.73 Å². The zero-order chi connectivity index (χ0) is 9.97. The van der Waals surface area contributed by atoms with Crippen LogP contribution in [-0.4, -0.2) is 9.78 Å². The molecule has 1 aromatic carbocycles. The third-order valence-corrected chi connectivity index (χ3v) is 2.03. The number of benzene rings is 1. The van der Waals surface area contributed by atoms with Crippen LogP contribution in [0.4, 0.5) is 10.2 Å². The van der Waals surface area contributed by atoms with Crippen molar-refractivity contribution in [3.05, 3.63) is 47.9 Å². The van der Waals surface area contributed by atoms with E-state index in [1.807, 2.05) is 0 Å². The van der Waals surface area contributed by atoms with Crippen LogP contribution in [0.25, 0.3) is 0 Å². The van der Waals surface area contributed by atoms with Crippen LogP contribution in [0.15, 0.2) is 36.5 Å². The van der Waals surface area contributed by atoms with Gasteiger partial charge in [0.05, 0.1) is 12.7 Å². The molecule has 0 bridgehead atoms. The number of rotatable bonds is 2. The third-order valence-electron chi connectivity index (χ3n) is 2.03. The molecule has 1 heterocycles. The fourth-order valence-electron chi connectivity index (χ4n) is 1.26. The van der Waals surface area contributed by atoms with Gasteiger partial charge < -0.3 is 5.73 Å². The van der Waals surface area contributed by atoms with Crippen LogP contribution in [0.3, 0.4) is 0 Å². The van der Waals surface area contributed by atoms with Gasteiger partial charge in [0.2, 0.25) is 0 Å². The number of anilines is 1. The molecule has 3 nitrogen and oxygen atoms in total. The summed E-state index contributed by atoms with van der Waals surface area (Å²) in [5, 5.41) is 3.98. The Kier molecular flexibility index (Phi) is 3.68. The van der Waals surface area contributed by atoms with E-state index in [0.29, 0.717) is 17.9 Å². The van der Waals surface area contributed by atoms with Crippen LogP contribution in [0.2, 0.25) is 0 Å². The summed E-state index contributed by atoms with van der Waals surface area (Å²) in [7, 11) is 0. The first-order chi connectivity index (χ1) is 6.77. The molecule has 0 saturated heterocycles. The molecule has 0 saturated carbocycles. The molecule has 80 valence electrons. The number of hydrogen-bond donors (Lipinski definition) is 1. The standard InChI is InChI=1S/C10H10FN3.ClH/c11-9-4-2-1-3-8(9)7-14-10(12)5-6-13-14;/h1-6H,7,12H2;1H. The largest absolute Gasteiger partial charge is 0.384 e. The SMILES string of the molecule is Cl.Nc1ccnn1Cc1ccccc1F. The molecule has 0 aliphatic heterocycles. The van der Waals surface area contributed by atoms with Crippen LogP contribution in [0.1, 0.15) is 5.56 Å². The molecule has 0 atom stereocenters. The molecule has 0 unspecified atom stereocenters. The van der Waals surface area contributed by atoms with Gasteiger partial charge in [0, 0.05) is 5.56 Å². The van der Waals surface area contributed by atoms with E-state index in [9.17, 15) is 4.39 Å². The first kappa shape index (κ1) is 11.5. The molecule has 5 heteroatoms. The van der Waals surface area contributed by atoms with Crippen molar-refractivity contribution in [1.29, 1.82) is 0 Å². The molecule has 0 spiro atoms. The van der Waals surface area contributed by atoms with E-state index in [0.717, 1.165) is 0 Å². The molecular weight excluding hydrogens is 217 g/mol. The van der Waals surface area contributed by atoms with Crippen LogP contribution in [-0.2, 0) is 6.54 Å². The Hall–Kier alpha value is -1.55. The monoisotopic (exact) mass is 227 g/mol. The van der Waals surface area contributed by atoms with Gasteiger partial charge >= 0.3 is 0 Å². The summed E-state index contributed by atoms with van der Waals surface area (Å²) in [4.78, 5) is 0. The highest BCUT2D eigenvalue weighted by Gasteiger charge is 2.03. The molecule has 1 aromatic heterocycles. The van der Waals surface area contributed by atoms with E-state index in [-0.39, 0.29) is 18.2 Å². The Morgan fingerprint density at radius 1 is 1.27 bits per heavy atom. The topological polar surface area (TPSA) is 43.8 Å². The molecule has 2 rings (SSSR count). The van der Waals surface area contributed by atoms with E-state index in [1.165, 1.54) is 6.07 Å². The first-order valence-electron chi connectivity index (χ1n) is 4.28. The lowest BCUT2D eigenvalue weighted by Crippen LogP contribution is -2.06. The minimum absolute atomic E-state index is 0. The summed E-state index contributed by atoms with van der Waals surface area (Å²) in [6, 6.07) is 8.27. The maximum atomic E-state index is 13.2. The average Bonchev–Trinajstić information content (AvgIpc) is 2.56. The highest BCUT2D eigenvalue weighted by Crippen LogP contribution is 2.10. The quantitative estimate of drug-likeness (QED) is 0.854. The summed E-state index contributed by atoms with van der Waals surface area (Å²) in [5.74, 6) is 0.302. The van der Waals surface area contributed by atoms with Crippen molar-refractivity contribution in [3.63, 3.8) is 0 Å². The van der Waals surface area contributed by atoms with Crippen molar-refractivity contribution in [1.82, 2.24) is 9.78 Å². The molecule has 0 radical (unpaired) electrons. The van der Waals surface area contributed by atoms with Gasteiger partial charge in [-0.15, -0.1) is 12.4 Å². The van der Waals surface area contributed by atoms with Gasteiger partial charge in [-0.2, -0.15) is 5.10 Å². The van der Waals surface area contributed by atoms with Crippen LogP contribution >= 0.6 is 12.4 Å². The van der Waals surface area contributed by atoms with Gasteiger partial charge in [0.1, 0.15) is 11.6 Å². The van der Waals surface area contributed by atoms with Gasteiger partial charge in [-0.3, -0.25) is 0 Å². The number of halogens is 2. The van der Waals surface area contributed by atoms with E-state index in [2.05, 4.69) is 5.10 Å². The van der Waals surface area contributed by atoms with Gasteiger partial charge in [-0.05, 0) is 12.1 Å².